The maximum atomic E-state index is 3.76. The van der Waals surface area contributed by atoms with Crippen LogP contribution in [-0.4, -0.2) is 20.1 Å². The van der Waals surface area contributed by atoms with Gasteiger partial charge in [-0.2, -0.15) is 0 Å². The van der Waals surface area contributed by atoms with Crippen molar-refractivity contribution in [2.24, 2.45) is 11.8 Å². The van der Waals surface area contributed by atoms with Crippen LogP contribution >= 0.6 is 0 Å². The Bertz CT molecular complexity index is 429. The van der Waals surface area contributed by atoms with Gasteiger partial charge < -0.3 is 10.2 Å². The number of nitrogens with one attached hydrogen (secondary N) is 1. The third-order valence-electron chi connectivity index (χ3n) is 4.80. The van der Waals surface area contributed by atoms with E-state index in [0.717, 1.165) is 11.8 Å². The topological polar surface area (TPSA) is 15.3 Å². The Balaban J connectivity index is 1.94. The van der Waals surface area contributed by atoms with E-state index in [2.05, 4.69) is 63.3 Å². The van der Waals surface area contributed by atoms with Gasteiger partial charge in [-0.05, 0) is 68.2 Å². The second kappa shape index (κ2) is 6.51. The summed E-state index contributed by atoms with van der Waals surface area (Å²) >= 11 is 0. The summed E-state index contributed by atoms with van der Waals surface area (Å²) in [5.74, 6) is 1.78. The summed E-state index contributed by atoms with van der Waals surface area (Å²) < 4.78 is 0. The summed E-state index contributed by atoms with van der Waals surface area (Å²) in [6, 6.07) is 7.37. The summed E-state index contributed by atoms with van der Waals surface area (Å²) in [4.78, 5) is 2.16. The third-order valence-corrected chi connectivity index (χ3v) is 4.80. The Morgan fingerprint density at radius 1 is 1.10 bits per heavy atom. The Labute approximate surface area is 124 Å². The lowest BCUT2D eigenvalue weighted by Crippen LogP contribution is -2.28. The zero-order valence-electron chi connectivity index (χ0n) is 13.7. The van der Waals surface area contributed by atoms with Gasteiger partial charge in [0.15, 0.2) is 0 Å². The Morgan fingerprint density at radius 2 is 1.75 bits per heavy atom. The molecule has 1 aromatic rings. The van der Waals surface area contributed by atoms with E-state index >= 15 is 0 Å². The fourth-order valence-electron chi connectivity index (χ4n) is 3.24. The molecule has 0 radical (unpaired) electrons. The van der Waals surface area contributed by atoms with Gasteiger partial charge in [-0.25, -0.2) is 0 Å². The van der Waals surface area contributed by atoms with E-state index in [1.54, 1.807) is 0 Å². The smallest absolute Gasteiger partial charge is 0.0373 e. The van der Waals surface area contributed by atoms with Crippen molar-refractivity contribution < 1.29 is 0 Å². The van der Waals surface area contributed by atoms with Crippen molar-refractivity contribution in [3.63, 3.8) is 0 Å². The van der Waals surface area contributed by atoms with Gasteiger partial charge >= 0.3 is 0 Å². The zero-order chi connectivity index (χ0) is 14.7. The first kappa shape index (κ1) is 15.2. The number of rotatable bonds is 4. The van der Waals surface area contributed by atoms with Gasteiger partial charge in [-0.1, -0.05) is 13.8 Å². The average Bonchev–Trinajstić information content (AvgIpc) is 2.41. The lowest BCUT2D eigenvalue weighted by atomic mass is 9.79. The molecule has 0 heterocycles. The van der Waals surface area contributed by atoms with Crippen LogP contribution in [0.3, 0.4) is 0 Å². The average molecular weight is 274 g/mol. The number of nitrogens with zero attached hydrogens (tertiary/aromatic N) is 1. The summed E-state index contributed by atoms with van der Waals surface area (Å²) in [7, 11) is 4.18. The fourth-order valence-corrected chi connectivity index (χ4v) is 3.24. The van der Waals surface area contributed by atoms with E-state index in [-0.39, 0.29) is 0 Å². The summed E-state index contributed by atoms with van der Waals surface area (Å²) in [5, 5.41) is 3.76. The molecule has 0 atom stereocenters. The van der Waals surface area contributed by atoms with E-state index in [1.165, 1.54) is 42.6 Å². The molecule has 1 fully saturated rings. The first-order valence-electron chi connectivity index (χ1n) is 8.02. The van der Waals surface area contributed by atoms with E-state index < -0.39 is 0 Å². The van der Waals surface area contributed by atoms with Crippen LogP contribution in [0.25, 0.3) is 0 Å². The molecule has 0 unspecified atom stereocenters. The number of hydrogen-bond acceptors (Lipinski definition) is 2. The molecule has 2 rings (SSSR count). The molecule has 112 valence electrons. The first-order chi connectivity index (χ1) is 9.47. The number of aryl methyl sites for hydroxylation is 1. The highest BCUT2D eigenvalue weighted by molar-refractivity contribution is 5.60. The minimum Gasteiger partial charge on any atom is -0.382 e. The minimum atomic E-state index is 0.661. The number of hydrogen-bond donors (Lipinski definition) is 1. The molecule has 2 heteroatoms. The SMILES string of the molecule is Cc1cc(N(C)C)ccc1NC1CCC(C(C)C)CC1. The predicted octanol–water partition coefficient (Wildman–Crippen LogP) is 4.69. The maximum Gasteiger partial charge on any atom is 0.0373 e. The standard InChI is InChI=1S/C18H30N2/c1-13(2)15-6-8-16(9-7-15)19-18-11-10-17(20(4)5)12-14(18)3/h10-13,15-16,19H,6-9H2,1-5H3. The second-order valence-corrected chi connectivity index (χ2v) is 6.89. The van der Waals surface area contributed by atoms with Crippen molar-refractivity contribution in [3.8, 4) is 0 Å². The maximum absolute atomic E-state index is 3.76. The van der Waals surface area contributed by atoms with Crippen LogP contribution < -0.4 is 10.2 Å². The van der Waals surface area contributed by atoms with Crippen molar-refractivity contribution in [3.05, 3.63) is 23.8 Å². The minimum absolute atomic E-state index is 0.661. The lowest BCUT2D eigenvalue weighted by Gasteiger charge is -2.32. The molecule has 1 aliphatic rings. The molecule has 0 amide bonds. The van der Waals surface area contributed by atoms with Crippen molar-refractivity contribution in [1.29, 1.82) is 0 Å². The van der Waals surface area contributed by atoms with Crippen LogP contribution in [-0.2, 0) is 0 Å². The van der Waals surface area contributed by atoms with Gasteiger partial charge in [0.05, 0.1) is 0 Å². The molecule has 1 aliphatic carbocycles. The largest absolute Gasteiger partial charge is 0.382 e. The summed E-state index contributed by atoms with van der Waals surface area (Å²) in [6.45, 7) is 6.93. The van der Waals surface area contributed by atoms with Crippen LogP contribution in [0.1, 0.15) is 45.1 Å². The van der Waals surface area contributed by atoms with Crippen molar-refractivity contribution in [2.45, 2.75) is 52.5 Å². The Kier molecular flexibility index (Phi) is 4.95. The van der Waals surface area contributed by atoms with Crippen LogP contribution in [0.5, 0.6) is 0 Å². The quantitative estimate of drug-likeness (QED) is 0.857. The van der Waals surface area contributed by atoms with Gasteiger partial charge in [-0.15, -0.1) is 0 Å². The van der Waals surface area contributed by atoms with Crippen molar-refractivity contribution in [2.75, 3.05) is 24.3 Å². The molecule has 0 aromatic heterocycles. The molecule has 20 heavy (non-hydrogen) atoms. The molecule has 0 aliphatic heterocycles. The second-order valence-electron chi connectivity index (χ2n) is 6.89. The molecule has 0 saturated heterocycles. The molecule has 1 aromatic carbocycles. The van der Waals surface area contributed by atoms with E-state index in [1.807, 2.05) is 0 Å². The van der Waals surface area contributed by atoms with E-state index in [4.69, 9.17) is 0 Å². The van der Waals surface area contributed by atoms with Crippen molar-refractivity contribution >= 4 is 11.4 Å². The molecule has 2 nitrogen and oxygen atoms in total. The number of benzene rings is 1. The van der Waals surface area contributed by atoms with Crippen molar-refractivity contribution in [1.82, 2.24) is 0 Å². The highest BCUT2D eigenvalue weighted by Crippen LogP contribution is 2.32. The van der Waals surface area contributed by atoms with Gasteiger partial charge in [-0.3, -0.25) is 0 Å². The first-order valence-corrected chi connectivity index (χ1v) is 8.02. The highest BCUT2D eigenvalue weighted by Gasteiger charge is 2.23. The predicted molar refractivity (Wildman–Crippen MR) is 89.7 cm³/mol. The summed E-state index contributed by atoms with van der Waals surface area (Å²) in [6.07, 6.45) is 5.39. The summed E-state index contributed by atoms with van der Waals surface area (Å²) in [5.41, 5.74) is 3.93. The van der Waals surface area contributed by atoms with Crippen LogP contribution in [0.4, 0.5) is 11.4 Å². The number of anilines is 2. The molecule has 1 saturated carbocycles. The third kappa shape index (κ3) is 3.68. The van der Waals surface area contributed by atoms with Gasteiger partial charge in [0, 0.05) is 31.5 Å². The molecular formula is C18H30N2. The molecular weight excluding hydrogens is 244 g/mol. The normalized spacial score (nSPS) is 22.9. The van der Waals surface area contributed by atoms with Gasteiger partial charge in [0.2, 0.25) is 0 Å². The molecule has 0 spiro atoms. The van der Waals surface area contributed by atoms with Crippen LogP contribution in [0, 0.1) is 18.8 Å². The molecule has 1 N–H and O–H groups in total. The van der Waals surface area contributed by atoms with Gasteiger partial charge in [0.1, 0.15) is 0 Å². The Morgan fingerprint density at radius 3 is 2.25 bits per heavy atom. The molecule has 0 bridgehead atoms. The van der Waals surface area contributed by atoms with Gasteiger partial charge in [0.25, 0.3) is 0 Å². The fraction of sp³-hybridized carbons (Fsp3) is 0.667. The van der Waals surface area contributed by atoms with Crippen LogP contribution in [0.15, 0.2) is 18.2 Å². The highest BCUT2D eigenvalue weighted by atomic mass is 15.1. The monoisotopic (exact) mass is 274 g/mol. The zero-order valence-corrected chi connectivity index (χ0v) is 13.7. The van der Waals surface area contributed by atoms with Crippen LogP contribution in [0.2, 0.25) is 0 Å². The van der Waals surface area contributed by atoms with E-state index in [9.17, 15) is 0 Å². The lowest BCUT2D eigenvalue weighted by molar-refractivity contribution is 0.267. The Hall–Kier alpha value is -1.18. The van der Waals surface area contributed by atoms with E-state index in [0.29, 0.717) is 6.04 Å².